The van der Waals surface area contributed by atoms with Crippen LogP contribution in [-0.4, -0.2) is 0 Å². The molecule has 0 saturated carbocycles. The summed E-state index contributed by atoms with van der Waals surface area (Å²) in [6.45, 7) is 0. The van der Waals surface area contributed by atoms with Crippen LogP contribution in [0.3, 0.4) is 0 Å². The smallest absolute Gasteiger partial charge is 0.0462 e. The maximum atomic E-state index is 3.50. The van der Waals surface area contributed by atoms with E-state index >= 15 is 0 Å². The molecule has 0 amide bonds. The average molecular weight is 482 g/mol. The molecule has 3 aromatic rings. The minimum Gasteiger partial charge on any atom is -0.311 e. The van der Waals surface area contributed by atoms with E-state index in [0.29, 0.717) is 0 Å². The molecule has 0 fully saturated rings. The van der Waals surface area contributed by atoms with Crippen molar-refractivity contribution in [2.75, 3.05) is 4.90 Å². The molecule has 0 aromatic heterocycles. The van der Waals surface area contributed by atoms with Crippen LogP contribution in [0.4, 0.5) is 17.1 Å². The summed E-state index contributed by atoms with van der Waals surface area (Å²) < 4.78 is 3.22. The lowest BCUT2D eigenvalue weighted by Crippen LogP contribution is -2.09. The van der Waals surface area contributed by atoms with Crippen molar-refractivity contribution in [3.05, 3.63) is 86.2 Å². The molecule has 1 nitrogen and oxygen atoms in total. The van der Waals surface area contributed by atoms with Crippen molar-refractivity contribution >= 4 is 64.9 Å². The van der Waals surface area contributed by atoms with E-state index in [1.54, 1.807) is 0 Å². The Labute approximate surface area is 155 Å². The van der Waals surface area contributed by atoms with E-state index < -0.39 is 0 Å². The second-order valence-corrected chi connectivity index (χ2v) is 7.51. The van der Waals surface area contributed by atoms with Gasteiger partial charge in [0.2, 0.25) is 0 Å². The van der Waals surface area contributed by atoms with Crippen molar-refractivity contribution in [1.29, 1.82) is 0 Å². The predicted octanol–water partition coefficient (Wildman–Crippen LogP) is 7.44. The quantitative estimate of drug-likeness (QED) is 0.375. The summed E-state index contributed by atoms with van der Waals surface area (Å²) in [6, 6.07) is 25.0. The van der Waals surface area contributed by atoms with Crippen LogP contribution in [0.2, 0.25) is 0 Å². The fraction of sp³-hybridized carbons (Fsp3) is 0. The number of hydrogen-bond donors (Lipinski definition) is 0. The molecule has 0 aliphatic rings. The van der Waals surface area contributed by atoms with Crippen LogP contribution in [0.25, 0.3) is 0 Å². The van der Waals surface area contributed by atoms with Gasteiger partial charge in [0.1, 0.15) is 0 Å². The van der Waals surface area contributed by atoms with Gasteiger partial charge in [0.25, 0.3) is 0 Å². The molecule has 0 atom stereocenters. The van der Waals surface area contributed by atoms with Gasteiger partial charge in [-0.2, -0.15) is 0 Å². The van der Waals surface area contributed by atoms with Crippen LogP contribution in [-0.2, 0) is 0 Å². The molecule has 0 heterocycles. The van der Waals surface area contributed by atoms with E-state index in [4.69, 9.17) is 0 Å². The van der Waals surface area contributed by atoms with Gasteiger partial charge >= 0.3 is 0 Å². The fourth-order valence-electron chi connectivity index (χ4n) is 2.22. The summed E-state index contributed by atoms with van der Waals surface area (Å²) in [5, 5.41) is 0. The van der Waals surface area contributed by atoms with Gasteiger partial charge in [-0.3, -0.25) is 0 Å². The van der Waals surface area contributed by atoms with Crippen LogP contribution in [0, 0.1) is 0 Å². The van der Waals surface area contributed by atoms with Crippen molar-refractivity contribution < 1.29 is 0 Å². The average Bonchev–Trinajstić information content (AvgIpc) is 2.53. The summed E-state index contributed by atoms with van der Waals surface area (Å²) in [6.07, 6.45) is 0. The van der Waals surface area contributed by atoms with Gasteiger partial charge in [-0.15, -0.1) is 0 Å². The highest BCUT2D eigenvalue weighted by Crippen LogP contribution is 2.35. The minimum atomic E-state index is 1.07. The van der Waals surface area contributed by atoms with Crippen LogP contribution >= 0.6 is 47.8 Å². The fourth-order valence-corrected chi connectivity index (χ4v) is 3.01. The number of hydrogen-bond acceptors (Lipinski definition) is 1. The van der Waals surface area contributed by atoms with Gasteiger partial charge in [-0.25, -0.2) is 0 Å². The summed E-state index contributed by atoms with van der Waals surface area (Å²) >= 11 is 10.5. The molecule has 3 rings (SSSR count). The molecule has 0 unspecified atom stereocenters. The first-order valence-corrected chi connectivity index (χ1v) is 9.08. The van der Waals surface area contributed by atoms with E-state index in [2.05, 4.69) is 125 Å². The molecule has 0 spiro atoms. The molecule has 110 valence electrons. The zero-order valence-corrected chi connectivity index (χ0v) is 16.3. The first-order chi connectivity index (χ1) is 10.6. The second-order valence-electron chi connectivity index (χ2n) is 4.76. The Kier molecular flexibility index (Phi) is 5.01. The number of benzene rings is 3. The van der Waals surface area contributed by atoms with Gasteiger partial charge in [-0.05, 0) is 72.8 Å². The highest BCUT2D eigenvalue weighted by molar-refractivity contribution is 9.11. The van der Waals surface area contributed by atoms with E-state index in [-0.39, 0.29) is 0 Å². The molecule has 22 heavy (non-hydrogen) atoms. The Balaban J connectivity index is 2.10. The number of halogens is 3. The van der Waals surface area contributed by atoms with E-state index in [0.717, 1.165) is 30.5 Å². The molecule has 3 aromatic carbocycles. The molecule has 0 aliphatic heterocycles. The lowest BCUT2D eigenvalue weighted by atomic mass is 10.2. The molecule has 4 heteroatoms. The monoisotopic (exact) mass is 479 g/mol. The molecule has 0 bridgehead atoms. The Morgan fingerprint density at radius 3 is 0.864 bits per heavy atom. The third-order valence-electron chi connectivity index (χ3n) is 3.25. The Morgan fingerprint density at radius 2 is 0.636 bits per heavy atom. The topological polar surface area (TPSA) is 3.24 Å². The Morgan fingerprint density at radius 1 is 0.409 bits per heavy atom. The van der Waals surface area contributed by atoms with Gasteiger partial charge in [-0.1, -0.05) is 47.8 Å². The highest BCUT2D eigenvalue weighted by Gasteiger charge is 2.12. The van der Waals surface area contributed by atoms with Crippen LogP contribution < -0.4 is 4.90 Å². The van der Waals surface area contributed by atoms with E-state index in [1.165, 1.54) is 0 Å². The molecular formula is C18H12Br3N. The van der Waals surface area contributed by atoms with Crippen molar-refractivity contribution in [2.24, 2.45) is 0 Å². The molecule has 0 radical (unpaired) electrons. The lowest BCUT2D eigenvalue weighted by Gasteiger charge is -2.25. The standard InChI is InChI=1S/C18H12Br3N/c19-13-1-7-16(8-2-13)22(17-9-3-14(20)4-10-17)18-11-5-15(21)6-12-18/h1-12H. The van der Waals surface area contributed by atoms with Crippen LogP contribution in [0.1, 0.15) is 0 Å². The van der Waals surface area contributed by atoms with Gasteiger partial charge in [0.05, 0.1) is 0 Å². The zero-order valence-electron chi connectivity index (χ0n) is 11.5. The number of anilines is 3. The Bertz CT molecular complexity index is 642. The van der Waals surface area contributed by atoms with Gasteiger partial charge < -0.3 is 4.90 Å². The molecular weight excluding hydrogens is 470 g/mol. The molecule has 0 N–H and O–H groups in total. The highest BCUT2D eigenvalue weighted by atomic mass is 79.9. The predicted molar refractivity (Wildman–Crippen MR) is 104 cm³/mol. The van der Waals surface area contributed by atoms with Crippen molar-refractivity contribution in [1.82, 2.24) is 0 Å². The lowest BCUT2D eigenvalue weighted by molar-refractivity contribution is 1.28. The number of nitrogens with zero attached hydrogens (tertiary/aromatic N) is 1. The van der Waals surface area contributed by atoms with Gasteiger partial charge in [0.15, 0.2) is 0 Å². The summed E-state index contributed by atoms with van der Waals surface area (Å²) in [5.41, 5.74) is 3.36. The SMILES string of the molecule is Brc1ccc(N(c2ccc(Br)cc2)c2ccc(Br)cc2)cc1. The number of rotatable bonds is 3. The first kappa shape index (κ1) is 15.8. The van der Waals surface area contributed by atoms with E-state index in [9.17, 15) is 0 Å². The normalized spacial score (nSPS) is 10.5. The van der Waals surface area contributed by atoms with Crippen LogP contribution in [0.15, 0.2) is 86.2 Å². The third-order valence-corrected chi connectivity index (χ3v) is 4.84. The summed E-state index contributed by atoms with van der Waals surface area (Å²) in [5.74, 6) is 0. The molecule has 0 saturated heterocycles. The van der Waals surface area contributed by atoms with Crippen molar-refractivity contribution in [3.8, 4) is 0 Å². The van der Waals surface area contributed by atoms with Gasteiger partial charge in [0, 0.05) is 30.5 Å². The van der Waals surface area contributed by atoms with Crippen molar-refractivity contribution in [2.45, 2.75) is 0 Å². The van der Waals surface area contributed by atoms with Crippen LogP contribution in [0.5, 0.6) is 0 Å². The first-order valence-electron chi connectivity index (χ1n) is 6.70. The van der Waals surface area contributed by atoms with E-state index in [1.807, 2.05) is 0 Å². The Hall–Kier alpha value is -1.10. The second kappa shape index (κ2) is 6.99. The summed E-state index contributed by atoms with van der Waals surface area (Å²) in [7, 11) is 0. The largest absolute Gasteiger partial charge is 0.311 e. The maximum Gasteiger partial charge on any atom is 0.0462 e. The minimum absolute atomic E-state index is 1.07. The molecule has 0 aliphatic carbocycles. The maximum absolute atomic E-state index is 3.50. The zero-order chi connectivity index (χ0) is 15.5. The summed E-state index contributed by atoms with van der Waals surface area (Å²) in [4.78, 5) is 2.23. The third kappa shape index (κ3) is 3.62. The van der Waals surface area contributed by atoms with Crippen molar-refractivity contribution in [3.63, 3.8) is 0 Å².